The first-order chi connectivity index (χ1) is 11.9. The van der Waals surface area contributed by atoms with Gasteiger partial charge in [-0.15, -0.1) is 0 Å². The van der Waals surface area contributed by atoms with Crippen molar-refractivity contribution in [1.82, 2.24) is 4.90 Å². The van der Waals surface area contributed by atoms with Crippen molar-refractivity contribution in [3.05, 3.63) is 40.0 Å². The maximum atomic E-state index is 12.7. The highest BCUT2D eigenvalue weighted by molar-refractivity contribution is 8.04. The smallest absolute Gasteiger partial charge is 0.416 e. The average Bonchev–Trinajstić information content (AvgIpc) is 2.88. The van der Waals surface area contributed by atoms with E-state index in [1.807, 2.05) is 6.92 Å². The number of nitrogens with zero attached hydrogens (tertiary/aromatic N) is 1. The van der Waals surface area contributed by atoms with Crippen LogP contribution in [0.5, 0.6) is 5.75 Å². The van der Waals surface area contributed by atoms with Gasteiger partial charge in [0.1, 0.15) is 16.8 Å². The Bertz CT molecular complexity index is 724. The van der Waals surface area contributed by atoms with E-state index in [2.05, 4.69) is 0 Å². The van der Waals surface area contributed by atoms with Gasteiger partial charge in [0.2, 0.25) is 0 Å². The second kappa shape index (κ2) is 7.70. The number of rotatable bonds is 5. The van der Waals surface area contributed by atoms with Crippen molar-refractivity contribution in [3.8, 4) is 5.75 Å². The zero-order valence-electron chi connectivity index (χ0n) is 14.7. The zero-order chi connectivity index (χ0) is 19.7. The fourth-order valence-electron chi connectivity index (χ4n) is 2.36. The van der Waals surface area contributed by atoms with Crippen molar-refractivity contribution in [2.75, 3.05) is 14.1 Å². The van der Waals surface area contributed by atoms with Gasteiger partial charge in [0.05, 0.1) is 10.6 Å². The summed E-state index contributed by atoms with van der Waals surface area (Å²) in [6.07, 6.45) is -2.86. The molecule has 1 heterocycles. The van der Waals surface area contributed by atoms with E-state index in [1.165, 1.54) is 22.7 Å². The van der Waals surface area contributed by atoms with Gasteiger partial charge in [-0.25, -0.2) is 0 Å². The number of hydrogen-bond donors (Lipinski definition) is 0. The lowest BCUT2D eigenvalue weighted by molar-refractivity contribution is -0.144. The first-order valence-electron chi connectivity index (χ1n) is 7.74. The lowest BCUT2D eigenvalue weighted by Crippen LogP contribution is -2.38. The van der Waals surface area contributed by atoms with Crippen LogP contribution in [0.4, 0.5) is 13.2 Å². The molecule has 2 rings (SSSR count). The van der Waals surface area contributed by atoms with E-state index in [0.717, 1.165) is 12.1 Å². The van der Waals surface area contributed by atoms with Crippen LogP contribution in [0.15, 0.2) is 29.4 Å². The summed E-state index contributed by atoms with van der Waals surface area (Å²) in [7, 11) is 3.29. The molecule has 144 valence electrons. The Morgan fingerprint density at radius 1 is 1.38 bits per heavy atom. The Balaban J connectivity index is 2.02. The number of carbonyl (C=O) groups is 1. The predicted molar refractivity (Wildman–Crippen MR) is 95.0 cm³/mol. The number of likely N-dealkylation sites (N-methyl/N-ethyl adjacent to an activating group) is 1. The van der Waals surface area contributed by atoms with Gasteiger partial charge in [-0.1, -0.05) is 23.4 Å². The second-order valence-electron chi connectivity index (χ2n) is 6.20. The van der Waals surface area contributed by atoms with Gasteiger partial charge in [0, 0.05) is 20.5 Å². The van der Waals surface area contributed by atoms with Crippen molar-refractivity contribution < 1.29 is 27.4 Å². The average molecular weight is 410 g/mol. The number of thioether (sulfide) groups is 1. The van der Waals surface area contributed by atoms with E-state index in [1.54, 1.807) is 27.1 Å². The number of carbonyl (C=O) groups excluding carboxylic acids is 1. The van der Waals surface area contributed by atoms with Crippen LogP contribution in [0, 0.1) is 0 Å². The quantitative estimate of drug-likeness (QED) is 0.691. The van der Waals surface area contributed by atoms with Crippen LogP contribution >= 0.6 is 23.4 Å². The van der Waals surface area contributed by atoms with Gasteiger partial charge in [0.25, 0.3) is 5.91 Å². The summed E-state index contributed by atoms with van der Waals surface area (Å²) >= 11 is 7.15. The van der Waals surface area contributed by atoms with Crippen LogP contribution in [0.3, 0.4) is 0 Å². The molecule has 0 radical (unpaired) electrons. The molecule has 0 fully saturated rings. The molecule has 4 nitrogen and oxygen atoms in total. The van der Waals surface area contributed by atoms with Crippen LogP contribution in [-0.2, 0) is 15.7 Å². The minimum atomic E-state index is -4.47. The highest BCUT2D eigenvalue weighted by Gasteiger charge is 2.37. The summed E-state index contributed by atoms with van der Waals surface area (Å²) in [5.74, 6) is -0.0351. The summed E-state index contributed by atoms with van der Waals surface area (Å²) in [6, 6.07) is 2.92. The normalized spacial score (nSPS) is 21.3. The number of hydrogen-bond acceptors (Lipinski definition) is 4. The van der Waals surface area contributed by atoms with Gasteiger partial charge in [-0.05, 0) is 38.1 Å². The van der Waals surface area contributed by atoms with Crippen LogP contribution in [0.2, 0.25) is 5.02 Å². The summed E-state index contributed by atoms with van der Waals surface area (Å²) in [6.45, 7) is 3.48. The predicted octanol–water partition coefficient (Wildman–Crippen LogP) is 4.93. The Kier molecular flexibility index (Phi) is 6.20. The van der Waals surface area contributed by atoms with E-state index in [4.69, 9.17) is 21.1 Å². The SMILES string of the molecule is CC(OC1(C)CC=C(Oc2ccc(C(F)(F)F)cc2Cl)S1)C(=O)N(C)C. The zero-order valence-corrected chi connectivity index (χ0v) is 16.3. The van der Waals surface area contributed by atoms with Crippen LogP contribution in [0.25, 0.3) is 0 Å². The molecule has 0 N–H and O–H groups in total. The summed E-state index contributed by atoms with van der Waals surface area (Å²) < 4.78 is 49.5. The van der Waals surface area contributed by atoms with Crippen molar-refractivity contribution in [1.29, 1.82) is 0 Å². The number of amides is 1. The Labute approximate surface area is 159 Å². The van der Waals surface area contributed by atoms with Crippen LogP contribution in [0.1, 0.15) is 25.8 Å². The highest BCUT2D eigenvalue weighted by atomic mass is 35.5. The molecule has 1 aliphatic rings. The third-order valence-corrected chi connectivity index (χ3v) is 5.08. The van der Waals surface area contributed by atoms with E-state index in [9.17, 15) is 18.0 Å². The lowest BCUT2D eigenvalue weighted by atomic mass is 10.2. The minimum Gasteiger partial charge on any atom is -0.449 e. The fourth-order valence-corrected chi connectivity index (χ4v) is 3.66. The molecule has 0 saturated carbocycles. The largest absolute Gasteiger partial charge is 0.449 e. The number of halogens is 4. The molecule has 1 aliphatic heterocycles. The minimum absolute atomic E-state index is 0.125. The van der Waals surface area contributed by atoms with E-state index < -0.39 is 22.8 Å². The summed E-state index contributed by atoms with van der Waals surface area (Å²) in [4.78, 5) is 12.7. The first kappa shape index (κ1) is 20.9. The van der Waals surface area contributed by atoms with E-state index in [0.29, 0.717) is 11.5 Å². The van der Waals surface area contributed by atoms with Gasteiger partial charge in [-0.3, -0.25) is 4.79 Å². The fraction of sp³-hybridized carbons (Fsp3) is 0.471. The van der Waals surface area contributed by atoms with Gasteiger partial charge >= 0.3 is 6.18 Å². The van der Waals surface area contributed by atoms with Crippen LogP contribution < -0.4 is 4.74 Å². The number of benzene rings is 1. The molecule has 1 amide bonds. The molecular formula is C17H19ClF3NO3S. The monoisotopic (exact) mass is 409 g/mol. The Hall–Kier alpha value is -1.38. The Morgan fingerprint density at radius 2 is 2.04 bits per heavy atom. The molecule has 2 unspecified atom stereocenters. The van der Waals surface area contributed by atoms with Crippen LogP contribution in [-0.4, -0.2) is 35.9 Å². The molecule has 1 aromatic rings. The third kappa shape index (κ3) is 5.08. The lowest BCUT2D eigenvalue weighted by Gasteiger charge is -2.28. The third-order valence-electron chi connectivity index (χ3n) is 3.64. The summed E-state index contributed by atoms with van der Waals surface area (Å²) in [5, 5.41) is 0.325. The molecule has 0 aromatic heterocycles. The maximum absolute atomic E-state index is 12.7. The molecule has 1 aromatic carbocycles. The van der Waals surface area contributed by atoms with Crippen molar-refractivity contribution in [2.45, 2.75) is 37.5 Å². The molecule has 0 bridgehead atoms. The van der Waals surface area contributed by atoms with Crippen molar-refractivity contribution >= 4 is 29.3 Å². The number of alkyl halides is 3. The standard InChI is InChI=1S/C17H19ClF3NO3S/c1-10(15(23)22(3)4)25-16(2)8-7-14(26-16)24-13-6-5-11(9-12(13)18)17(19,20)21/h5-7,9-10H,8H2,1-4H3. The van der Waals surface area contributed by atoms with Gasteiger partial charge < -0.3 is 14.4 Å². The van der Waals surface area contributed by atoms with Gasteiger partial charge in [0.15, 0.2) is 5.09 Å². The topological polar surface area (TPSA) is 38.8 Å². The van der Waals surface area contributed by atoms with Crippen molar-refractivity contribution in [2.24, 2.45) is 0 Å². The number of ether oxygens (including phenoxy) is 2. The summed E-state index contributed by atoms with van der Waals surface area (Å²) in [5.41, 5.74) is -0.841. The molecular weight excluding hydrogens is 391 g/mol. The molecule has 9 heteroatoms. The van der Waals surface area contributed by atoms with Gasteiger partial charge in [-0.2, -0.15) is 13.2 Å². The van der Waals surface area contributed by atoms with E-state index in [-0.39, 0.29) is 16.7 Å². The molecule has 0 spiro atoms. The highest BCUT2D eigenvalue weighted by Crippen LogP contribution is 2.45. The maximum Gasteiger partial charge on any atom is 0.416 e. The van der Waals surface area contributed by atoms with E-state index >= 15 is 0 Å². The first-order valence-corrected chi connectivity index (χ1v) is 8.93. The molecule has 2 atom stereocenters. The molecule has 26 heavy (non-hydrogen) atoms. The molecule has 0 saturated heterocycles. The Morgan fingerprint density at radius 3 is 2.58 bits per heavy atom. The second-order valence-corrected chi connectivity index (χ2v) is 8.08. The van der Waals surface area contributed by atoms with Crippen molar-refractivity contribution in [3.63, 3.8) is 0 Å². The molecule has 0 aliphatic carbocycles.